The van der Waals surface area contributed by atoms with Gasteiger partial charge in [-0.05, 0) is 43.2 Å². The number of phenols is 1. The molecule has 5 nitrogen and oxygen atoms in total. The molecule has 1 unspecified atom stereocenters. The number of fused-ring (bicyclic) bond motifs is 1. The van der Waals surface area contributed by atoms with E-state index in [0.29, 0.717) is 23.8 Å². The van der Waals surface area contributed by atoms with Crippen LogP contribution in [0.5, 0.6) is 5.75 Å². The minimum Gasteiger partial charge on any atom is -0.508 e. The van der Waals surface area contributed by atoms with Crippen LogP contribution in [0, 0.1) is 13.8 Å². The van der Waals surface area contributed by atoms with Gasteiger partial charge in [0.1, 0.15) is 11.5 Å². The molecule has 2 aromatic carbocycles. The van der Waals surface area contributed by atoms with Crippen LogP contribution in [-0.2, 0) is 4.79 Å². The average molecular weight is 334 g/mol. The SMILES string of the molecule is Cc1cc2c(cc1O)NC(=O)CC2c1nc(-c2ccccc2)oc1C. The number of carbonyl (C=O) groups excluding carboxylic acids is 1. The molecule has 1 aliphatic rings. The molecule has 4 rings (SSSR count). The maximum Gasteiger partial charge on any atom is 0.226 e. The minimum atomic E-state index is -0.190. The molecule has 0 radical (unpaired) electrons. The number of hydrogen-bond acceptors (Lipinski definition) is 4. The summed E-state index contributed by atoms with van der Waals surface area (Å²) in [7, 11) is 0. The van der Waals surface area contributed by atoms with Crippen LogP contribution in [0.4, 0.5) is 5.69 Å². The minimum absolute atomic E-state index is 0.0931. The number of phenolic OH excluding ortho intramolecular Hbond substituents is 1. The topological polar surface area (TPSA) is 75.4 Å². The summed E-state index contributed by atoms with van der Waals surface area (Å²) in [5.74, 6) is 1.14. The number of aromatic nitrogens is 1. The number of rotatable bonds is 2. The van der Waals surface area contributed by atoms with Crippen LogP contribution in [0.1, 0.15) is 34.9 Å². The highest BCUT2D eigenvalue weighted by atomic mass is 16.4. The lowest BCUT2D eigenvalue weighted by Gasteiger charge is -2.25. The molecule has 2 heterocycles. The van der Waals surface area contributed by atoms with E-state index >= 15 is 0 Å². The van der Waals surface area contributed by atoms with Crippen LogP contribution in [0.2, 0.25) is 0 Å². The third kappa shape index (κ3) is 2.67. The van der Waals surface area contributed by atoms with Crippen LogP contribution in [0.15, 0.2) is 46.9 Å². The first-order valence-corrected chi connectivity index (χ1v) is 8.19. The molecule has 5 heteroatoms. The number of benzene rings is 2. The van der Waals surface area contributed by atoms with Crippen molar-refractivity contribution < 1.29 is 14.3 Å². The Balaban J connectivity index is 1.82. The molecule has 25 heavy (non-hydrogen) atoms. The van der Waals surface area contributed by atoms with Gasteiger partial charge in [-0.2, -0.15) is 0 Å². The lowest BCUT2D eigenvalue weighted by atomic mass is 9.86. The Kier molecular flexibility index (Phi) is 3.57. The number of anilines is 1. The van der Waals surface area contributed by atoms with Crippen molar-refractivity contribution in [2.45, 2.75) is 26.2 Å². The molecular weight excluding hydrogens is 316 g/mol. The van der Waals surface area contributed by atoms with Crippen LogP contribution >= 0.6 is 0 Å². The van der Waals surface area contributed by atoms with E-state index in [9.17, 15) is 9.90 Å². The highest BCUT2D eigenvalue weighted by Gasteiger charge is 2.31. The molecule has 0 bridgehead atoms. The zero-order chi connectivity index (χ0) is 17.6. The number of hydrogen-bond donors (Lipinski definition) is 2. The summed E-state index contributed by atoms with van der Waals surface area (Å²) in [6.45, 7) is 3.71. The van der Waals surface area contributed by atoms with Gasteiger partial charge in [0.15, 0.2) is 0 Å². The highest BCUT2D eigenvalue weighted by Crippen LogP contribution is 2.41. The molecule has 1 atom stereocenters. The number of oxazole rings is 1. The smallest absolute Gasteiger partial charge is 0.226 e. The third-order valence-corrected chi connectivity index (χ3v) is 4.59. The number of amides is 1. The second-order valence-corrected chi connectivity index (χ2v) is 6.36. The van der Waals surface area contributed by atoms with Crippen molar-refractivity contribution in [2.24, 2.45) is 0 Å². The van der Waals surface area contributed by atoms with Gasteiger partial charge in [0.05, 0.1) is 5.69 Å². The lowest BCUT2D eigenvalue weighted by Crippen LogP contribution is -2.24. The second kappa shape index (κ2) is 5.77. The Morgan fingerprint density at radius 1 is 1.20 bits per heavy atom. The molecule has 0 saturated carbocycles. The predicted molar refractivity (Wildman–Crippen MR) is 94.6 cm³/mol. The summed E-state index contributed by atoms with van der Waals surface area (Å²) in [5, 5.41) is 12.8. The molecule has 1 aliphatic heterocycles. The summed E-state index contributed by atoms with van der Waals surface area (Å²) in [5.41, 5.74) is 4.02. The van der Waals surface area contributed by atoms with Crippen LogP contribution in [0.3, 0.4) is 0 Å². The number of nitrogens with zero attached hydrogens (tertiary/aromatic N) is 1. The van der Waals surface area contributed by atoms with E-state index in [1.165, 1.54) is 0 Å². The van der Waals surface area contributed by atoms with Gasteiger partial charge in [-0.15, -0.1) is 0 Å². The van der Waals surface area contributed by atoms with E-state index in [1.54, 1.807) is 6.07 Å². The summed E-state index contributed by atoms with van der Waals surface area (Å²) >= 11 is 0. The van der Waals surface area contributed by atoms with E-state index in [-0.39, 0.29) is 17.6 Å². The Bertz CT molecular complexity index is 961. The van der Waals surface area contributed by atoms with Crippen LogP contribution in [-0.4, -0.2) is 16.0 Å². The molecular formula is C20H18N2O3. The summed E-state index contributed by atoms with van der Waals surface area (Å²) < 4.78 is 5.87. The molecule has 0 saturated heterocycles. The normalized spacial score (nSPS) is 16.4. The van der Waals surface area contributed by atoms with Crippen LogP contribution < -0.4 is 5.32 Å². The first kappa shape index (κ1) is 15.4. The fourth-order valence-electron chi connectivity index (χ4n) is 3.29. The highest BCUT2D eigenvalue weighted by molar-refractivity contribution is 5.95. The van der Waals surface area contributed by atoms with Gasteiger partial charge in [-0.25, -0.2) is 4.98 Å². The Morgan fingerprint density at radius 2 is 1.96 bits per heavy atom. The fourth-order valence-corrected chi connectivity index (χ4v) is 3.29. The van der Waals surface area contributed by atoms with Crippen molar-refractivity contribution >= 4 is 11.6 Å². The maximum atomic E-state index is 12.1. The average Bonchev–Trinajstić information content (AvgIpc) is 2.98. The maximum absolute atomic E-state index is 12.1. The third-order valence-electron chi connectivity index (χ3n) is 4.59. The number of carbonyl (C=O) groups is 1. The second-order valence-electron chi connectivity index (χ2n) is 6.36. The van der Waals surface area contributed by atoms with Gasteiger partial charge in [0.25, 0.3) is 0 Å². The van der Waals surface area contributed by atoms with Gasteiger partial charge < -0.3 is 14.8 Å². The molecule has 0 spiro atoms. The molecule has 1 aromatic heterocycles. The summed E-state index contributed by atoms with van der Waals surface area (Å²) in [4.78, 5) is 16.8. The van der Waals surface area contributed by atoms with E-state index in [4.69, 9.17) is 4.42 Å². The van der Waals surface area contributed by atoms with Crippen molar-refractivity contribution in [2.75, 3.05) is 5.32 Å². The first-order chi connectivity index (χ1) is 12.0. The molecule has 3 aromatic rings. The lowest BCUT2D eigenvalue weighted by molar-refractivity contribution is -0.116. The van der Waals surface area contributed by atoms with E-state index in [1.807, 2.05) is 50.2 Å². The molecule has 1 amide bonds. The van der Waals surface area contributed by atoms with Crippen molar-refractivity contribution in [3.05, 3.63) is 65.0 Å². The van der Waals surface area contributed by atoms with Crippen molar-refractivity contribution in [1.29, 1.82) is 0 Å². The molecule has 0 fully saturated rings. The Labute approximate surface area is 145 Å². The standard InChI is InChI=1S/C20H18N2O3/c1-11-8-14-15(9-18(24)21-16(14)10-17(11)23)19-12(2)25-20(22-19)13-6-4-3-5-7-13/h3-8,10,15,23H,9H2,1-2H3,(H,21,24). The monoisotopic (exact) mass is 334 g/mol. The summed E-state index contributed by atoms with van der Waals surface area (Å²) in [6, 6.07) is 13.2. The molecule has 126 valence electrons. The van der Waals surface area contributed by atoms with Crippen molar-refractivity contribution in [3.8, 4) is 17.2 Å². The molecule has 0 aliphatic carbocycles. The van der Waals surface area contributed by atoms with Gasteiger partial charge >= 0.3 is 0 Å². The van der Waals surface area contributed by atoms with Gasteiger partial charge in [-0.1, -0.05) is 18.2 Å². The number of aryl methyl sites for hydroxylation is 2. The predicted octanol–water partition coefficient (Wildman–Crippen LogP) is 4.14. The van der Waals surface area contributed by atoms with E-state index in [0.717, 1.165) is 22.4 Å². The van der Waals surface area contributed by atoms with Gasteiger partial charge in [-0.3, -0.25) is 4.79 Å². The van der Waals surface area contributed by atoms with Crippen molar-refractivity contribution in [1.82, 2.24) is 4.98 Å². The van der Waals surface area contributed by atoms with Crippen LogP contribution in [0.25, 0.3) is 11.5 Å². The molecule has 2 N–H and O–H groups in total. The number of aromatic hydroxyl groups is 1. The van der Waals surface area contributed by atoms with Gasteiger partial charge in [0.2, 0.25) is 11.8 Å². The zero-order valence-corrected chi connectivity index (χ0v) is 14.0. The zero-order valence-electron chi connectivity index (χ0n) is 14.0. The fraction of sp³-hybridized carbons (Fsp3) is 0.200. The Hall–Kier alpha value is -3.08. The largest absolute Gasteiger partial charge is 0.508 e. The first-order valence-electron chi connectivity index (χ1n) is 8.19. The quantitative estimate of drug-likeness (QED) is 0.738. The van der Waals surface area contributed by atoms with E-state index < -0.39 is 0 Å². The van der Waals surface area contributed by atoms with E-state index in [2.05, 4.69) is 10.3 Å². The number of nitrogens with one attached hydrogen (secondary N) is 1. The Morgan fingerprint density at radius 3 is 2.72 bits per heavy atom. The van der Waals surface area contributed by atoms with Gasteiger partial charge in [0, 0.05) is 29.7 Å². The van der Waals surface area contributed by atoms with Crippen molar-refractivity contribution in [3.63, 3.8) is 0 Å². The summed E-state index contributed by atoms with van der Waals surface area (Å²) in [6.07, 6.45) is 0.304.